The lowest BCUT2D eigenvalue weighted by molar-refractivity contribution is 0.481. The number of hydrogen-bond donors (Lipinski definition) is 2. The molecule has 0 bridgehead atoms. The minimum absolute atomic E-state index is 0.164. The summed E-state index contributed by atoms with van der Waals surface area (Å²) in [6.45, 7) is 0. The predicted molar refractivity (Wildman–Crippen MR) is 132 cm³/mol. The average molecular weight is 600 g/mol. The van der Waals surface area contributed by atoms with Crippen LogP contribution in [0.25, 0.3) is 24.3 Å². The van der Waals surface area contributed by atoms with Gasteiger partial charge in [0.1, 0.15) is 0 Å². The normalized spacial score (nSPS) is 12.6. The Hall–Kier alpha value is -2.08. The lowest BCUT2D eigenvalue weighted by Crippen LogP contribution is -1.97. The highest BCUT2D eigenvalue weighted by atomic mass is 79.9. The van der Waals surface area contributed by atoms with Crippen molar-refractivity contribution in [2.24, 2.45) is 0 Å². The monoisotopic (exact) mass is 598 g/mol. The van der Waals surface area contributed by atoms with Crippen LogP contribution in [-0.4, -0.2) is 25.9 Å². The fourth-order valence-electron chi connectivity index (χ4n) is 2.71. The Morgan fingerprint density at radius 2 is 0.875 bits per heavy atom. The van der Waals surface area contributed by atoms with Crippen LogP contribution in [0.2, 0.25) is 0 Å². The summed E-state index contributed by atoms with van der Waals surface area (Å²) in [7, 11) is -8.44. The molecule has 3 aromatic carbocycles. The number of benzene rings is 3. The van der Waals surface area contributed by atoms with E-state index in [0.717, 1.165) is 31.2 Å². The molecule has 0 fully saturated rings. The van der Waals surface area contributed by atoms with Gasteiger partial charge in [0.05, 0.1) is 9.79 Å². The van der Waals surface area contributed by atoms with Crippen molar-refractivity contribution in [1.29, 1.82) is 0 Å². The maximum atomic E-state index is 11.1. The maximum Gasteiger partial charge on any atom is 0.294 e. The summed E-state index contributed by atoms with van der Waals surface area (Å²) in [5.74, 6) is 0. The molecule has 10 heteroatoms. The molecule has 0 unspecified atom stereocenters. The number of halogens is 2. The summed E-state index contributed by atoms with van der Waals surface area (Å²) >= 11 is 7.07. The molecule has 0 aliphatic carbocycles. The van der Waals surface area contributed by atoms with E-state index in [1.54, 1.807) is 24.3 Å². The minimum atomic E-state index is -4.22. The van der Waals surface area contributed by atoms with E-state index in [1.165, 1.54) is 24.3 Å². The molecular weight excluding hydrogens is 584 g/mol. The van der Waals surface area contributed by atoms with Gasteiger partial charge in [-0.05, 0) is 58.7 Å². The van der Waals surface area contributed by atoms with Crippen LogP contribution in [0.5, 0.6) is 0 Å². The third-order valence-electron chi connectivity index (χ3n) is 4.38. The Morgan fingerprint density at radius 3 is 1.16 bits per heavy atom. The van der Waals surface area contributed by atoms with E-state index in [2.05, 4.69) is 31.9 Å². The van der Waals surface area contributed by atoms with E-state index < -0.39 is 20.2 Å². The van der Waals surface area contributed by atoms with E-state index in [4.69, 9.17) is 9.11 Å². The molecule has 0 aliphatic rings. The Kier molecular flexibility index (Phi) is 7.53. The molecule has 0 radical (unpaired) electrons. The van der Waals surface area contributed by atoms with Crippen LogP contribution in [0, 0.1) is 0 Å². The standard InChI is InChI=1S/C22H16Br2O6S2/c23-21-14-18(8-2-16-5-11-20(12-6-16)32(28,29)30)22(24)13-17(21)7-1-15-3-9-19(10-4-15)31(25,26)27/h1-14H,(H,25,26,27)(H,28,29,30)/b7-1+,8-2+. The van der Waals surface area contributed by atoms with Crippen molar-refractivity contribution in [2.75, 3.05) is 0 Å². The molecule has 32 heavy (non-hydrogen) atoms. The smallest absolute Gasteiger partial charge is 0.282 e. The van der Waals surface area contributed by atoms with Gasteiger partial charge in [0, 0.05) is 8.95 Å². The lowest BCUT2D eigenvalue weighted by atomic mass is 10.1. The lowest BCUT2D eigenvalue weighted by Gasteiger charge is -2.05. The molecule has 0 amide bonds. The first-order chi connectivity index (χ1) is 14.9. The Bertz CT molecular complexity index is 1300. The van der Waals surface area contributed by atoms with Gasteiger partial charge in [0.15, 0.2) is 0 Å². The highest BCUT2D eigenvalue weighted by molar-refractivity contribution is 9.11. The van der Waals surface area contributed by atoms with Gasteiger partial charge in [-0.2, -0.15) is 16.8 Å². The van der Waals surface area contributed by atoms with E-state index in [0.29, 0.717) is 0 Å². The van der Waals surface area contributed by atoms with Gasteiger partial charge in [0.2, 0.25) is 0 Å². The van der Waals surface area contributed by atoms with Crippen molar-refractivity contribution < 1.29 is 25.9 Å². The second-order valence-electron chi connectivity index (χ2n) is 6.65. The quantitative estimate of drug-likeness (QED) is 0.264. The highest BCUT2D eigenvalue weighted by Crippen LogP contribution is 2.29. The predicted octanol–water partition coefficient (Wildman–Crippen LogP) is 6.05. The van der Waals surface area contributed by atoms with E-state index >= 15 is 0 Å². The molecule has 0 saturated heterocycles. The van der Waals surface area contributed by atoms with Crippen LogP contribution in [0.3, 0.4) is 0 Å². The highest BCUT2D eigenvalue weighted by Gasteiger charge is 2.09. The zero-order valence-corrected chi connectivity index (χ0v) is 21.0. The molecule has 3 rings (SSSR count). The fraction of sp³-hybridized carbons (Fsp3) is 0. The van der Waals surface area contributed by atoms with Gasteiger partial charge >= 0.3 is 0 Å². The van der Waals surface area contributed by atoms with E-state index in [-0.39, 0.29) is 9.79 Å². The van der Waals surface area contributed by atoms with Crippen LogP contribution in [0.15, 0.2) is 79.4 Å². The van der Waals surface area contributed by atoms with Crippen LogP contribution >= 0.6 is 31.9 Å². The van der Waals surface area contributed by atoms with Gasteiger partial charge < -0.3 is 0 Å². The first-order valence-electron chi connectivity index (χ1n) is 8.94. The Balaban J connectivity index is 1.79. The first kappa shape index (κ1) is 24.6. The van der Waals surface area contributed by atoms with Crippen molar-refractivity contribution >= 4 is 76.4 Å². The fourth-order valence-corrected chi connectivity index (χ4v) is 4.65. The topological polar surface area (TPSA) is 109 Å². The second kappa shape index (κ2) is 9.82. The van der Waals surface area contributed by atoms with Crippen molar-refractivity contribution in [3.05, 3.63) is 91.9 Å². The largest absolute Gasteiger partial charge is 0.294 e. The molecule has 3 aromatic rings. The third kappa shape index (κ3) is 6.47. The number of hydrogen-bond acceptors (Lipinski definition) is 4. The molecule has 2 N–H and O–H groups in total. The molecule has 0 atom stereocenters. The van der Waals surface area contributed by atoms with Crippen LogP contribution < -0.4 is 0 Å². The summed E-state index contributed by atoms with van der Waals surface area (Å²) in [6, 6.07) is 15.5. The average Bonchev–Trinajstić information content (AvgIpc) is 2.72. The molecule has 0 heterocycles. The summed E-state index contributed by atoms with van der Waals surface area (Å²) in [5.41, 5.74) is 3.28. The van der Waals surface area contributed by atoms with Crippen molar-refractivity contribution in [1.82, 2.24) is 0 Å². The van der Waals surface area contributed by atoms with Crippen LogP contribution in [-0.2, 0) is 20.2 Å². The zero-order chi connectivity index (χ0) is 23.5. The molecule has 0 spiro atoms. The van der Waals surface area contributed by atoms with Gasteiger partial charge in [0.25, 0.3) is 20.2 Å². The molecule has 6 nitrogen and oxygen atoms in total. The van der Waals surface area contributed by atoms with E-state index in [1.807, 2.05) is 36.4 Å². The maximum absolute atomic E-state index is 11.1. The van der Waals surface area contributed by atoms with Crippen LogP contribution in [0.4, 0.5) is 0 Å². The van der Waals surface area contributed by atoms with Gasteiger partial charge in [-0.1, -0.05) is 80.4 Å². The van der Waals surface area contributed by atoms with Gasteiger partial charge in [-0.15, -0.1) is 0 Å². The minimum Gasteiger partial charge on any atom is -0.282 e. The summed E-state index contributed by atoms with van der Waals surface area (Å²) in [5, 5.41) is 0. The molecule has 0 aliphatic heterocycles. The summed E-state index contributed by atoms with van der Waals surface area (Å²) < 4.78 is 64.2. The second-order valence-corrected chi connectivity index (χ2v) is 11.2. The molecule has 166 valence electrons. The van der Waals surface area contributed by atoms with Crippen molar-refractivity contribution in [3.63, 3.8) is 0 Å². The third-order valence-corrected chi connectivity index (χ3v) is 7.49. The SMILES string of the molecule is O=S(=O)(O)c1ccc(/C=C/c2cc(Br)c(/C=C/c3ccc(S(=O)(=O)O)cc3)cc2Br)cc1. The molecular formula is C22H16Br2O6S2. The van der Waals surface area contributed by atoms with Gasteiger partial charge in [-0.25, -0.2) is 0 Å². The molecule has 0 aromatic heterocycles. The summed E-state index contributed by atoms with van der Waals surface area (Å²) in [4.78, 5) is -0.329. The van der Waals surface area contributed by atoms with Crippen LogP contribution in [0.1, 0.15) is 22.3 Å². The van der Waals surface area contributed by atoms with Crippen molar-refractivity contribution in [2.45, 2.75) is 9.79 Å². The Morgan fingerprint density at radius 1 is 0.562 bits per heavy atom. The molecule has 0 saturated carbocycles. The summed E-state index contributed by atoms with van der Waals surface area (Å²) in [6.07, 6.45) is 7.34. The van der Waals surface area contributed by atoms with Gasteiger partial charge in [-0.3, -0.25) is 9.11 Å². The van der Waals surface area contributed by atoms with E-state index in [9.17, 15) is 16.8 Å². The zero-order valence-electron chi connectivity index (χ0n) is 16.2. The number of rotatable bonds is 6. The first-order valence-corrected chi connectivity index (χ1v) is 13.4. The van der Waals surface area contributed by atoms with Crippen molar-refractivity contribution in [3.8, 4) is 0 Å². The Labute approximate surface area is 203 Å².